The van der Waals surface area contributed by atoms with E-state index in [-0.39, 0.29) is 32.0 Å². The molecule has 2 unspecified atom stereocenters. The second-order valence-corrected chi connectivity index (χ2v) is 22.5. The number of carbonyl (C=O) groups excluding carboxylic acids is 2. The Hall–Kier alpha value is -2.29. The van der Waals surface area contributed by atoms with Crippen molar-refractivity contribution in [3.8, 4) is 0 Å². The number of quaternary nitrogens is 1. The third kappa shape index (κ3) is 56.9. The minimum absolute atomic E-state index is 0.0306. The molecule has 10 heteroatoms. The number of unbranched alkanes of at least 4 members (excludes halogenated alkanes) is 30. The average molecular weight is 1020 g/mol. The quantitative estimate of drug-likeness (QED) is 0.0211. The number of phosphoric acid groups is 1. The molecule has 0 saturated carbocycles. The zero-order valence-electron chi connectivity index (χ0n) is 47.0. The van der Waals surface area contributed by atoms with Crippen LogP contribution in [0.3, 0.4) is 0 Å². The molecule has 0 heterocycles. The second-order valence-electron chi connectivity index (χ2n) is 21.0. The van der Waals surface area contributed by atoms with Crippen molar-refractivity contribution in [3.63, 3.8) is 0 Å². The van der Waals surface area contributed by atoms with Crippen LogP contribution in [0, 0.1) is 0 Å². The third-order valence-corrected chi connectivity index (χ3v) is 13.8. The molecule has 0 saturated heterocycles. The molecule has 2 atom stereocenters. The number of hydrogen-bond acceptors (Lipinski definition) is 7. The van der Waals surface area contributed by atoms with Gasteiger partial charge >= 0.3 is 19.8 Å². The summed E-state index contributed by atoms with van der Waals surface area (Å²) < 4.78 is 34.6. The minimum Gasteiger partial charge on any atom is -0.462 e. The average Bonchev–Trinajstić information content (AvgIpc) is 3.33. The van der Waals surface area contributed by atoms with E-state index in [2.05, 4.69) is 74.6 Å². The van der Waals surface area contributed by atoms with Gasteiger partial charge in [-0.25, -0.2) is 4.57 Å². The SMILES string of the molecule is CC/C=C\C/C=C\C/C=C\C/C=C\CCCCCCCCCCCCCCCCCCCCC(=O)OC(COC(=O)CCCCCCC/C=C\CCCCCCCCC)COP(=O)(O)OCC[N+](C)(C)C. The van der Waals surface area contributed by atoms with Gasteiger partial charge in [-0.05, 0) is 77.0 Å². The van der Waals surface area contributed by atoms with Gasteiger partial charge in [-0.2, -0.15) is 0 Å². The van der Waals surface area contributed by atoms with Gasteiger partial charge in [0.05, 0.1) is 27.7 Å². The van der Waals surface area contributed by atoms with Gasteiger partial charge in [-0.3, -0.25) is 18.6 Å². The highest BCUT2D eigenvalue weighted by Crippen LogP contribution is 2.43. The van der Waals surface area contributed by atoms with E-state index in [1.165, 1.54) is 154 Å². The number of nitrogens with zero attached hydrogens (tertiary/aromatic N) is 1. The molecule has 0 aromatic heterocycles. The Kier molecular flexibility index (Phi) is 50.9. The summed E-state index contributed by atoms with van der Waals surface area (Å²) in [5.41, 5.74) is 0. The molecule has 0 aromatic rings. The molecule has 0 rings (SSSR count). The topological polar surface area (TPSA) is 108 Å². The fourth-order valence-corrected chi connectivity index (χ4v) is 8.98. The fraction of sp³-hybridized carbons (Fsp3) is 0.803. The summed E-state index contributed by atoms with van der Waals surface area (Å²) in [6.45, 7) is 4.33. The van der Waals surface area contributed by atoms with Crippen molar-refractivity contribution in [1.82, 2.24) is 0 Å². The van der Waals surface area contributed by atoms with Crippen molar-refractivity contribution in [2.24, 2.45) is 0 Å². The highest BCUT2D eigenvalue weighted by Gasteiger charge is 2.27. The van der Waals surface area contributed by atoms with Crippen LogP contribution in [-0.2, 0) is 32.7 Å². The maximum Gasteiger partial charge on any atom is 0.472 e. The Morgan fingerprint density at radius 3 is 1.21 bits per heavy atom. The van der Waals surface area contributed by atoms with E-state index < -0.39 is 26.5 Å². The molecule has 71 heavy (non-hydrogen) atoms. The Morgan fingerprint density at radius 2 is 0.803 bits per heavy atom. The summed E-state index contributed by atoms with van der Waals surface area (Å²) >= 11 is 0. The highest BCUT2D eigenvalue weighted by molar-refractivity contribution is 7.47. The van der Waals surface area contributed by atoms with Crippen LogP contribution in [0.25, 0.3) is 0 Å². The van der Waals surface area contributed by atoms with Gasteiger partial charge in [0.1, 0.15) is 19.8 Å². The standard InChI is InChI=1S/C61H112NO8P/c1-6-8-10-12-14-16-18-20-22-24-25-26-27-28-29-30-31-32-33-34-35-36-37-38-40-42-44-46-48-50-52-54-61(64)70-59(58-69-71(65,66)68-56-55-62(3,4)5)57-67-60(63)53-51-49-47-45-43-41-39-23-21-19-17-15-13-11-9-7-2/h8,10,14,16,20,22-23,25-26,39,59H,6-7,9,11-13,15,17-19,21,24,27-38,40-58H2,1-5H3/p+1/b10-8-,16-14-,22-20-,26-25-,39-23-. The van der Waals surface area contributed by atoms with E-state index in [1.54, 1.807) is 0 Å². The maximum atomic E-state index is 12.8. The van der Waals surface area contributed by atoms with Crippen LogP contribution in [0.2, 0.25) is 0 Å². The number of likely N-dealkylation sites (N-methyl/N-ethyl adjacent to an activating group) is 1. The molecular weight excluding hydrogens is 906 g/mol. The van der Waals surface area contributed by atoms with Crippen molar-refractivity contribution < 1.29 is 42.1 Å². The molecule has 0 spiro atoms. The van der Waals surface area contributed by atoms with Crippen LogP contribution in [0.15, 0.2) is 60.8 Å². The summed E-state index contributed by atoms with van der Waals surface area (Å²) in [7, 11) is 1.48. The number of esters is 2. The summed E-state index contributed by atoms with van der Waals surface area (Å²) in [5.74, 6) is -0.798. The van der Waals surface area contributed by atoms with Crippen molar-refractivity contribution >= 4 is 19.8 Å². The predicted molar refractivity (Wildman–Crippen MR) is 303 cm³/mol. The van der Waals surface area contributed by atoms with Gasteiger partial charge in [0, 0.05) is 12.8 Å². The van der Waals surface area contributed by atoms with Gasteiger partial charge in [0.25, 0.3) is 0 Å². The summed E-state index contributed by atoms with van der Waals surface area (Å²) in [6, 6.07) is 0. The molecular formula is C61H113NO8P+. The van der Waals surface area contributed by atoms with E-state index in [1.807, 2.05) is 21.1 Å². The third-order valence-electron chi connectivity index (χ3n) is 12.8. The lowest BCUT2D eigenvalue weighted by Gasteiger charge is -2.24. The van der Waals surface area contributed by atoms with Crippen LogP contribution in [0.5, 0.6) is 0 Å². The largest absolute Gasteiger partial charge is 0.472 e. The molecule has 0 radical (unpaired) electrons. The molecule has 0 aliphatic heterocycles. The monoisotopic (exact) mass is 1020 g/mol. The van der Waals surface area contributed by atoms with E-state index in [4.69, 9.17) is 18.5 Å². The fourth-order valence-electron chi connectivity index (χ4n) is 8.24. The maximum absolute atomic E-state index is 12.8. The molecule has 0 bridgehead atoms. The lowest BCUT2D eigenvalue weighted by atomic mass is 10.0. The molecule has 9 nitrogen and oxygen atoms in total. The summed E-state index contributed by atoms with van der Waals surface area (Å²) in [5, 5.41) is 0. The predicted octanol–water partition coefficient (Wildman–Crippen LogP) is 18.3. The first kappa shape index (κ1) is 68.7. The van der Waals surface area contributed by atoms with E-state index >= 15 is 0 Å². The molecule has 0 fully saturated rings. The minimum atomic E-state index is -4.39. The van der Waals surface area contributed by atoms with Gasteiger partial charge in [-0.15, -0.1) is 0 Å². The van der Waals surface area contributed by atoms with E-state index in [0.29, 0.717) is 17.4 Å². The normalized spacial score (nSPS) is 13.7. The van der Waals surface area contributed by atoms with Gasteiger partial charge < -0.3 is 18.9 Å². The molecule has 0 aliphatic carbocycles. The van der Waals surface area contributed by atoms with Gasteiger partial charge in [-0.1, -0.05) is 235 Å². The number of hydrogen-bond donors (Lipinski definition) is 1. The van der Waals surface area contributed by atoms with Crippen molar-refractivity contribution in [2.45, 2.75) is 270 Å². The Bertz CT molecular complexity index is 1380. The van der Waals surface area contributed by atoms with Gasteiger partial charge in [0.15, 0.2) is 6.10 Å². The summed E-state index contributed by atoms with van der Waals surface area (Å²) in [4.78, 5) is 35.7. The summed E-state index contributed by atoms with van der Waals surface area (Å²) in [6.07, 6.45) is 67.3. The number of phosphoric ester groups is 1. The first-order valence-corrected chi connectivity index (χ1v) is 31.0. The van der Waals surface area contributed by atoms with Crippen LogP contribution < -0.4 is 0 Å². The van der Waals surface area contributed by atoms with Crippen LogP contribution in [0.4, 0.5) is 0 Å². The molecule has 1 N–H and O–H groups in total. The molecule has 414 valence electrons. The number of carbonyl (C=O) groups is 2. The van der Waals surface area contributed by atoms with E-state index in [0.717, 1.165) is 77.0 Å². The highest BCUT2D eigenvalue weighted by atomic mass is 31.2. The molecule has 0 aromatic carbocycles. The first-order chi connectivity index (χ1) is 34.5. The Labute approximate surface area is 438 Å². The van der Waals surface area contributed by atoms with Crippen LogP contribution in [0.1, 0.15) is 264 Å². The zero-order chi connectivity index (χ0) is 52.0. The van der Waals surface area contributed by atoms with Crippen molar-refractivity contribution in [3.05, 3.63) is 60.8 Å². The number of rotatable bonds is 54. The lowest BCUT2D eigenvalue weighted by Crippen LogP contribution is -2.37. The molecule has 0 aliphatic rings. The second kappa shape index (κ2) is 52.6. The Morgan fingerprint density at radius 1 is 0.451 bits per heavy atom. The first-order valence-electron chi connectivity index (χ1n) is 29.5. The van der Waals surface area contributed by atoms with Gasteiger partial charge in [0.2, 0.25) is 0 Å². The Balaban J connectivity index is 4.07. The van der Waals surface area contributed by atoms with Crippen LogP contribution >= 0.6 is 7.82 Å². The zero-order valence-corrected chi connectivity index (χ0v) is 47.9. The van der Waals surface area contributed by atoms with Crippen molar-refractivity contribution in [2.75, 3.05) is 47.5 Å². The van der Waals surface area contributed by atoms with Crippen molar-refractivity contribution in [1.29, 1.82) is 0 Å². The number of allylic oxidation sites excluding steroid dienone is 10. The number of ether oxygens (including phenoxy) is 2. The smallest absolute Gasteiger partial charge is 0.462 e. The van der Waals surface area contributed by atoms with E-state index in [9.17, 15) is 19.0 Å². The lowest BCUT2D eigenvalue weighted by molar-refractivity contribution is -0.870. The van der Waals surface area contributed by atoms with Crippen LogP contribution in [-0.4, -0.2) is 74.9 Å². The molecule has 0 amide bonds.